The number of hydrogen-bond acceptors (Lipinski definition) is 3. The molecular formula is C24H17Cl2FINO2. The second-order valence-electron chi connectivity index (χ2n) is 6.45. The Balaban J connectivity index is 1.93. The first-order chi connectivity index (χ1) is 14.9. The highest BCUT2D eigenvalue weighted by Gasteiger charge is 2.14. The van der Waals surface area contributed by atoms with Crippen molar-refractivity contribution in [1.82, 2.24) is 0 Å². The maximum absolute atomic E-state index is 14.1. The molecule has 158 valence electrons. The highest BCUT2D eigenvalue weighted by Crippen LogP contribution is 2.36. The average molecular weight is 568 g/mol. The Kier molecular flexibility index (Phi) is 8.19. The maximum Gasteiger partial charge on any atom is 0.175 e. The van der Waals surface area contributed by atoms with Crippen molar-refractivity contribution in [2.75, 3.05) is 6.61 Å². The van der Waals surface area contributed by atoms with Gasteiger partial charge >= 0.3 is 0 Å². The molecule has 0 bridgehead atoms. The van der Waals surface area contributed by atoms with E-state index in [9.17, 15) is 9.65 Å². The number of ether oxygens (including phenoxy) is 2. The molecule has 0 radical (unpaired) electrons. The molecule has 0 saturated carbocycles. The van der Waals surface area contributed by atoms with Crippen LogP contribution in [0.4, 0.5) is 4.39 Å². The second kappa shape index (κ2) is 10.9. The summed E-state index contributed by atoms with van der Waals surface area (Å²) in [5.74, 6) is 0.665. The number of allylic oxidation sites excluding steroid dienone is 1. The summed E-state index contributed by atoms with van der Waals surface area (Å²) in [6.07, 6.45) is 1.63. The molecule has 31 heavy (non-hydrogen) atoms. The summed E-state index contributed by atoms with van der Waals surface area (Å²) in [6.45, 7) is 2.59. The van der Waals surface area contributed by atoms with Crippen LogP contribution in [0.1, 0.15) is 23.6 Å². The van der Waals surface area contributed by atoms with Gasteiger partial charge in [0.05, 0.1) is 31.9 Å². The van der Waals surface area contributed by atoms with E-state index in [2.05, 4.69) is 28.7 Å². The molecule has 0 fully saturated rings. The molecule has 0 saturated heterocycles. The number of hydrogen-bond donors (Lipinski definition) is 0. The zero-order chi connectivity index (χ0) is 22.4. The predicted octanol–water partition coefficient (Wildman–Crippen LogP) is 7.78. The number of halogens is 4. The monoisotopic (exact) mass is 567 g/mol. The molecule has 0 atom stereocenters. The van der Waals surface area contributed by atoms with Gasteiger partial charge in [-0.25, -0.2) is 4.39 Å². The smallest absolute Gasteiger partial charge is 0.175 e. The van der Waals surface area contributed by atoms with Crippen molar-refractivity contribution in [2.24, 2.45) is 0 Å². The van der Waals surface area contributed by atoms with E-state index in [0.29, 0.717) is 33.7 Å². The number of nitriles is 1. The molecule has 3 aromatic rings. The third kappa shape index (κ3) is 5.91. The van der Waals surface area contributed by atoms with Crippen molar-refractivity contribution in [1.29, 1.82) is 5.26 Å². The van der Waals surface area contributed by atoms with Crippen LogP contribution >= 0.6 is 45.8 Å². The Morgan fingerprint density at radius 1 is 1.10 bits per heavy atom. The van der Waals surface area contributed by atoms with Crippen molar-refractivity contribution in [3.63, 3.8) is 0 Å². The molecule has 3 rings (SSSR count). The van der Waals surface area contributed by atoms with Crippen LogP contribution in [0.3, 0.4) is 0 Å². The van der Waals surface area contributed by atoms with E-state index in [0.717, 1.165) is 9.13 Å². The van der Waals surface area contributed by atoms with Crippen molar-refractivity contribution < 1.29 is 13.9 Å². The highest BCUT2D eigenvalue weighted by molar-refractivity contribution is 14.1. The molecule has 3 aromatic carbocycles. The van der Waals surface area contributed by atoms with E-state index in [1.807, 2.05) is 19.1 Å². The van der Waals surface area contributed by atoms with Gasteiger partial charge in [-0.1, -0.05) is 47.5 Å². The topological polar surface area (TPSA) is 42.2 Å². The fourth-order valence-corrected chi connectivity index (χ4v) is 3.98. The van der Waals surface area contributed by atoms with E-state index in [-0.39, 0.29) is 17.7 Å². The first kappa shape index (κ1) is 23.4. The fraction of sp³-hybridized carbons (Fsp3) is 0.125. The van der Waals surface area contributed by atoms with E-state index in [1.54, 1.807) is 42.5 Å². The Morgan fingerprint density at radius 2 is 1.87 bits per heavy atom. The zero-order valence-electron chi connectivity index (χ0n) is 16.5. The number of nitrogens with zero attached hydrogens (tertiary/aromatic N) is 1. The third-order valence-corrected chi connectivity index (χ3v) is 5.83. The van der Waals surface area contributed by atoms with Gasteiger partial charge in [-0.05, 0) is 77.0 Å². The van der Waals surface area contributed by atoms with Crippen molar-refractivity contribution >= 4 is 57.4 Å². The first-order valence-corrected chi connectivity index (χ1v) is 11.2. The van der Waals surface area contributed by atoms with E-state index in [4.69, 9.17) is 32.7 Å². The normalized spacial score (nSPS) is 11.2. The molecule has 0 aliphatic heterocycles. The number of rotatable bonds is 7. The third-order valence-electron chi connectivity index (χ3n) is 4.29. The maximum atomic E-state index is 14.1. The lowest BCUT2D eigenvalue weighted by atomic mass is 10.0. The fourth-order valence-electron chi connectivity index (χ4n) is 2.88. The van der Waals surface area contributed by atoms with E-state index < -0.39 is 5.82 Å². The van der Waals surface area contributed by atoms with Crippen LogP contribution in [0.2, 0.25) is 10.0 Å². The van der Waals surface area contributed by atoms with Gasteiger partial charge in [-0.2, -0.15) is 5.26 Å². The quantitative estimate of drug-likeness (QED) is 0.166. The van der Waals surface area contributed by atoms with Crippen molar-refractivity contribution in [3.05, 3.63) is 90.7 Å². The molecule has 0 amide bonds. The lowest BCUT2D eigenvalue weighted by molar-refractivity contribution is 0.267. The largest absolute Gasteiger partial charge is 0.490 e. The summed E-state index contributed by atoms with van der Waals surface area (Å²) in [4.78, 5) is 0. The molecular weight excluding hydrogens is 551 g/mol. The van der Waals surface area contributed by atoms with Crippen LogP contribution < -0.4 is 9.47 Å². The summed E-state index contributed by atoms with van der Waals surface area (Å²) in [7, 11) is 0. The molecule has 7 heteroatoms. The van der Waals surface area contributed by atoms with Gasteiger partial charge in [0.25, 0.3) is 0 Å². The van der Waals surface area contributed by atoms with Gasteiger partial charge in [0.1, 0.15) is 12.4 Å². The molecule has 0 unspecified atom stereocenters. The van der Waals surface area contributed by atoms with Crippen LogP contribution in [0.25, 0.3) is 11.6 Å². The van der Waals surface area contributed by atoms with Crippen LogP contribution in [0.5, 0.6) is 11.5 Å². The highest BCUT2D eigenvalue weighted by atomic mass is 127. The Morgan fingerprint density at radius 3 is 2.55 bits per heavy atom. The molecule has 0 heterocycles. The first-order valence-electron chi connectivity index (χ1n) is 9.32. The Bertz CT molecular complexity index is 1170. The van der Waals surface area contributed by atoms with Gasteiger partial charge in [-0.3, -0.25) is 0 Å². The van der Waals surface area contributed by atoms with Gasteiger partial charge in [-0.15, -0.1) is 0 Å². The molecule has 0 spiro atoms. The summed E-state index contributed by atoms with van der Waals surface area (Å²) < 4.78 is 26.7. The SMILES string of the molecule is CCOc1cc(/C=C(/C#N)c2ccccc2F)cc(I)c1OCc1ccc(Cl)c(Cl)c1. The Hall–Kier alpha value is -2.27. The van der Waals surface area contributed by atoms with Gasteiger partial charge in [0.15, 0.2) is 11.5 Å². The lowest BCUT2D eigenvalue weighted by Crippen LogP contribution is -2.02. The summed E-state index contributed by atoms with van der Waals surface area (Å²) in [6, 6.07) is 17.2. The molecule has 3 nitrogen and oxygen atoms in total. The van der Waals surface area contributed by atoms with E-state index in [1.165, 1.54) is 6.07 Å². The van der Waals surface area contributed by atoms with Gasteiger partial charge < -0.3 is 9.47 Å². The average Bonchev–Trinajstić information content (AvgIpc) is 2.74. The summed E-state index contributed by atoms with van der Waals surface area (Å²) >= 11 is 14.2. The van der Waals surface area contributed by atoms with Crippen LogP contribution in [-0.2, 0) is 6.61 Å². The standard InChI is InChI=1S/C24H17Cl2FINO2/c1-2-30-23-12-16(9-17(13-29)18-5-3-4-6-21(18)27)11-22(28)24(23)31-14-15-7-8-19(25)20(26)10-15/h3-12H,2,14H2,1H3/b17-9-. The van der Waals surface area contributed by atoms with Crippen LogP contribution in [0.15, 0.2) is 54.6 Å². The second-order valence-corrected chi connectivity index (χ2v) is 8.43. The minimum Gasteiger partial charge on any atom is -0.490 e. The summed E-state index contributed by atoms with van der Waals surface area (Å²) in [5.41, 5.74) is 2.04. The van der Waals surface area contributed by atoms with Crippen LogP contribution in [0, 0.1) is 20.7 Å². The van der Waals surface area contributed by atoms with Gasteiger partial charge in [0.2, 0.25) is 0 Å². The van der Waals surface area contributed by atoms with Crippen LogP contribution in [-0.4, -0.2) is 6.61 Å². The molecule has 0 aromatic heterocycles. The predicted molar refractivity (Wildman–Crippen MR) is 131 cm³/mol. The molecule has 0 aliphatic rings. The summed E-state index contributed by atoms with van der Waals surface area (Å²) in [5, 5.41) is 10.5. The Labute approximate surface area is 204 Å². The lowest BCUT2D eigenvalue weighted by Gasteiger charge is -2.15. The van der Waals surface area contributed by atoms with Gasteiger partial charge in [0, 0.05) is 5.56 Å². The van der Waals surface area contributed by atoms with E-state index >= 15 is 0 Å². The molecule has 0 N–H and O–H groups in total. The zero-order valence-corrected chi connectivity index (χ0v) is 20.1. The number of benzene rings is 3. The minimum atomic E-state index is -0.448. The molecule has 0 aliphatic carbocycles. The van der Waals surface area contributed by atoms with Crippen molar-refractivity contribution in [3.8, 4) is 17.6 Å². The minimum absolute atomic E-state index is 0.223. The van der Waals surface area contributed by atoms with Crippen molar-refractivity contribution in [2.45, 2.75) is 13.5 Å².